The third-order valence-electron chi connectivity index (χ3n) is 3.00. The lowest BCUT2D eigenvalue weighted by molar-refractivity contribution is 0.548. The first-order valence-electron chi connectivity index (χ1n) is 6.61. The Labute approximate surface area is 107 Å². The van der Waals surface area contributed by atoms with Gasteiger partial charge in [-0.05, 0) is 43.1 Å². The Bertz CT molecular complexity index is 194. The van der Waals surface area contributed by atoms with E-state index in [-0.39, 0.29) is 0 Å². The summed E-state index contributed by atoms with van der Waals surface area (Å²) in [6.45, 7) is 8.97. The van der Waals surface area contributed by atoms with Gasteiger partial charge >= 0.3 is 0 Å². The molecule has 1 unspecified atom stereocenters. The van der Waals surface area contributed by atoms with Crippen molar-refractivity contribution in [3.8, 4) is 0 Å². The van der Waals surface area contributed by atoms with Gasteiger partial charge in [0.15, 0.2) is 0 Å². The zero-order valence-electron chi connectivity index (χ0n) is 11.4. The Morgan fingerprint density at radius 2 is 1.88 bits per heavy atom. The smallest absolute Gasteiger partial charge is 0.000445 e. The second-order valence-corrected chi connectivity index (χ2v) is 5.61. The highest BCUT2D eigenvalue weighted by atomic mass is 32.2. The van der Waals surface area contributed by atoms with Gasteiger partial charge in [-0.15, -0.1) is 0 Å². The second-order valence-electron chi connectivity index (χ2n) is 4.46. The minimum absolute atomic E-state index is 0.748. The molecule has 2 atom stereocenters. The SMILES string of the molecule is C/C=C\C=CC(CC)CSCC[C@@H](C)CC. The lowest BCUT2D eigenvalue weighted by atomic mass is 10.1. The molecule has 0 nitrogen and oxygen atoms in total. The van der Waals surface area contributed by atoms with E-state index < -0.39 is 0 Å². The molecule has 0 bridgehead atoms. The van der Waals surface area contributed by atoms with Crippen molar-refractivity contribution in [2.24, 2.45) is 11.8 Å². The summed E-state index contributed by atoms with van der Waals surface area (Å²) in [5, 5.41) is 0. The van der Waals surface area contributed by atoms with E-state index in [0.717, 1.165) is 11.8 Å². The van der Waals surface area contributed by atoms with E-state index in [9.17, 15) is 0 Å². The number of hydrogen-bond acceptors (Lipinski definition) is 1. The first-order chi connectivity index (χ1) is 7.74. The molecule has 0 aromatic carbocycles. The van der Waals surface area contributed by atoms with Crippen LogP contribution in [0.15, 0.2) is 24.3 Å². The van der Waals surface area contributed by atoms with Gasteiger partial charge in [-0.3, -0.25) is 0 Å². The van der Waals surface area contributed by atoms with Crippen LogP contribution in [0.25, 0.3) is 0 Å². The molecule has 0 amide bonds. The van der Waals surface area contributed by atoms with E-state index in [1.807, 2.05) is 0 Å². The van der Waals surface area contributed by atoms with Crippen LogP contribution >= 0.6 is 11.8 Å². The van der Waals surface area contributed by atoms with Crippen LogP contribution in [0.2, 0.25) is 0 Å². The molecule has 0 saturated carbocycles. The van der Waals surface area contributed by atoms with Crippen molar-refractivity contribution in [1.82, 2.24) is 0 Å². The van der Waals surface area contributed by atoms with E-state index >= 15 is 0 Å². The van der Waals surface area contributed by atoms with Gasteiger partial charge in [0.25, 0.3) is 0 Å². The molecule has 0 aromatic rings. The van der Waals surface area contributed by atoms with Crippen LogP contribution in [0.3, 0.4) is 0 Å². The van der Waals surface area contributed by atoms with E-state index in [0.29, 0.717) is 0 Å². The summed E-state index contributed by atoms with van der Waals surface area (Å²) in [5.41, 5.74) is 0. The summed E-state index contributed by atoms with van der Waals surface area (Å²) in [6.07, 6.45) is 12.7. The van der Waals surface area contributed by atoms with Crippen molar-refractivity contribution >= 4 is 11.8 Å². The van der Waals surface area contributed by atoms with Gasteiger partial charge < -0.3 is 0 Å². The molecule has 0 rings (SSSR count). The standard InChI is InChI=1S/C15H28S/c1-5-8-9-10-15(7-3)13-16-12-11-14(4)6-2/h5,8-10,14-15H,6-7,11-13H2,1-4H3/b8-5-,10-9?/t14-,15?/m0/s1. The average Bonchev–Trinajstić information content (AvgIpc) is 2.31. The van der Waals surface area contributed by atoms with Crippen molar-refractivity contribution in [2.45, 2.75) is 47.0 Å². The predicted octanol–water partition coefficient (Wildman–Crippen LogP) is 5.31. The maximum atomic E-state index is 2.35. The van der Waals surface area contributed by atoms with Gasteiger partial charge in [0.2, 0.25) is 0 Å². The fraction of sp³-hybridized carbons (Fsp3) is 0.733. The third-order valence-corrected chi connectivity index (χ3v) is 4.18. The Morgan fingerprint density at radius 1 is 1.12 bits per heavy atom. The van der Waals surface area contributed by atoms with Crippen molar-refractivity contribution in [1.29, 1.82) is 0 Å². The Hall–Kier alpha value is -0.170. The first kappa shape index (κ1) is 15.8. The molecule has 0 fully saturated rings. The van der Waals surface area contributed by atoms with Gasteiger partial charge in [-0.1, -0.05) is 51.5 Å². The zero-order chi connectivity index (χ0) is 12.2. The molecule has 0 radical (unpaired) electrons. The summed E-state index contributed by atoms with van der Waals surface area (Å²) in [4.78, 5) is 0. The Morgan fingerprint density at radius 3 is 2.44 bits per heavy atom. The van der Waals surface area contributed by atoms with Crippen molar-refractivity contribution in [3.63, 3.8) is 0 Å². The normalized spacial score (nSPS) is 16.0. The highest BCUT2D eigenvalue weighted by Gasteiger charge is 2.03. The minimum Gasteiger partial charge on any atom is -0.161 e. The topological polar surface area (TPSA) is 0 Å². The molecule has 94 valence electrons. The van der Waals surface area contributed by atoms with Crippen LogP contribution in [0.1, 0.15) is 47.0 Å². The van der Waals surface area contributed by atoms with Crippen LogP contribution in [0, 0.1) is 11.8 Å². The van der Waals surface area contributed by atoms with E-state index in [2.05, 4.69) is 63.8 Å². The third kappa shape index (κ3) is 9.08. The van der Waals surface area contributed by atoms with Crippen molar-refractivity contribution in [3.05, 3.63) is 24.3 Å². The van der Waals surface area contributed by atoms with Crippen molar-refractivity contribution < 1.29 is 0 Å². The predicted molar refractivity (Wildman–Crippen MR) is 79.1 cm³/mol. The second kappa shape index (κ2) is 11.3. The van der Waals surface area contributed by atoms with Crippen LogP contribution in [0.5, 0.6) is 0 Å². The molecular formula is C15H28S. The largest absolute Gasteiger partial charge is 0.161 e. The molecular weight excluding hydrogens is 212 g/mol. The Kier molecular flexibility index (Phi) is 11.2. The molecule has 0 aromatic heterocycles. The van der Waals surface area contributed by atoms with E-state index in [1.54, 1.807) is 0 Å². The molecule has 0 aliphatic carbocycles. The van der Waals surface area contributed by atoms with Crippen LogP contribution < -0.4 is 0 Å². The Balaban J connectivity index is 3.63. The monoisotopic (exact) mass is 240 g/mol. The van der Waals surface area contributed by atoms with Crippen LogP contribution in [0.4, 0.5) is 0 Å². The summed E-state index contributed by atoms with van der Waals surface area (Å²) in [6, 6.07) is 0. The van der Waals surface area contributed by atoms with Gasteiger partial charge in [0.1, 0.15) is 0 Å². The summed E-state index contributed by atoms with van der Waals surface area (Å²) >= 11 is 2.11. The fourth-order valence-corrected chi connectivity index (χ4v) is 2.75. The summed E-state index contributed by atoms with van der Waals surface area (Å²) in [7, 11) is 0. The zero-order valence-corrected chi connectivity index (χ0v) is 12.2. The van der Waals surface area contributed by atoms with Crippen LogP contribution in [-0.2, 0) is 0 Å². The molecule has 0 heterocycles. The molecule has 0 aliphatic heterocycles. The maximum Gasteiger partial charge on any atom is -0.000445 e. The van der Waals surface area contributed by atoms with Gasteiger partial charge in [-0.25, -0.2) is 0 Å². The number of thioether (sulfide) groups is 1. The molecule has 16 heavy (non-hydrogen) atoms. The maximum absolute atomic E-state index is 2.35. The number of allylic oxidation sites excluding steroid dienone is 4. The molecule has 0 aliphatic rings. The number of rotatable bonds is 9. The van der Waals surface area contributed by atoms with Crippen LogP contribution in [-0.4, -0.2) is 11.5 Å². The van der Waals surface area contributed by atoms with Gasteiger partial charge in [-0.2, -0.15) is 11.8 Å². The lowest BCUT2D eigenvalue weighted by Crippen LogP contribution is -2.00. The average molecular weight is 240 g/mol. The highest BCUT2D eigenvalue weighted by molar-refractivity contribution is 7.99. The van der Waals surface area contributed by atoms with Gasteiger partial charge in [0.05, 0.1) is 0 Å². The summed E-state index contributed by atoms with van der Waals surface area (Å²) in [5.74, 6) is 4.24. The first-order valence-corrected chi connectivity index (χ1v) is 7.77. The lowest BCUT2D eigenvalue weighted by Gasteiger charge is -2.11. The minimum atomic E-state index is 0.748. The van der Waals surface area contributed by atoms with Crippen molar-refractivity contribution in [2.75, 3.05) is 11.5 Å². The van der Waals surface area contributed by atoms with E-state index in [1.165, 1.54) is 30.8 Å². The molecule has 0 N–H and O–H groups in total. The number of hydrogen-bond donors (Lipinski definition) is 0. The van der Waals surface area contributed by atoms with E-state index in [4.69, 9.17) is 0 Å². The molecule has 0 spiro atoms. The summed E-state index contributed by atoms with van der Waals surface area (Å²) < 4.78 is 0. The fourth-order valence-electron chi connectivity index (χ4n) is 1.37. The molecule has 1 heteroatoms. The molecule has 0 saturated heterocycles. The quantitative estimate of drug-likeness (QED) is 0.388. The van der Waals surface area contributed by atoms with Gasteiger partial charge in [0, 0.05) is 0 Å². The highest BCUT2D eigenvalue weighted by Crippen LogP contribution is 2.17.